The molecule has 13 atom stereocenters. The lowest BCUT2D eigenvalue weighted by atomic mass is 9.78. The minimum absolute atomic E-state index is 0.0307. The summed E-state index contributed by atoms with van der Waals surface area (Å²) in [7, 11) is 2.86. The monoisotopic (exact) mass is 1000 g/mol. The van der Waals surface area contributed by atoms with Gasteiger partial charge in [-0.25, -0.2) is 20.0 Å². The molecule has 0 saturated carbocycles. The number of imidazole rings is 1. The van der Waals surface area contributed by atoms with E-state index in [1.54, 1.807) is 33.8 Å². The second-order valence-electron chi connectivity index (χ2n) is 18.6. The Labute approximate surface area is 413 Å². The first kappa shape index (κ1) is 53.1. The van der Waals surface area contributed by atoms with E-state index >= 15 is 0 Å². The number of anilines is 2. The van der Waals surface area contributed by atoms with Gasteiger partial charge in [0, 0.05) is 68.2 Å². The summed E-state index contributed by atoms with van der Waals surface area (Å²) >= 11 is 0. The predicted octanol–water partition coefficient (Wildman–Crippen LogP) is 2.98. The van der Waals surface area contributed by atoms with Crippen molar-refractivity contribution >= 4 is 57.3 Å². The molecule has 6 heterocycles. The first-order valence-corrected chi connectivity index (χ1v) is 23.1. The second-order valence-corrected chi connectivity index (χ2v) is 18.6. The number of hydrogen-bond donors (Lipinski definition) is 9. The number of fused-ring (bicyclic) bond motifs is 15. The minimum Gasteiger partial charge on any atom is -0.507 e. The number of nitrogens with zero attached hydrogens (tertiary/aromatic N) is 6. The molecule has 4 aliphatic heterocycles. The molecule has 4 aliphatic rings. The second kappa shape index (κ2) is 20.8. The van der Waals surface area contributed by atoms with Gasteiger partial charge in [0.15, 0.2) is 29.0 Å². The van der Waals surface area contributed by atoms with Crippen molar-refractivity contribution < 1.29 is 78.9 Å². The first-order valence-electron chi connectivity index (χ1n) is 23.1. The van der Waals surface area contributed by atoms with Gasteiger partial charge in [-0.2, -0.15) is 5.10 Å². The van der Waals surface area contributed by atoms with Crippen LogP contribution < -0.4 is 15.1 Å². The molecule has 8 rings (SSSR count). The van der Waals surface area contributed by atoms with E-state index < -0.39 is 131 Å². The summed E-state index contributed by atoms with van der Waals surface area (Å²) in [6, 6.07) is 0. The average Bonchev–Trinajstić information content (AvgIpc) is 3.99. The molecule has 0 radical (unpaired) electrons. The number of amides is 1. The lowest BCUT2D eigenvalue weighted by molar-refractivity contribution is -0.160. The highest BCUT2D eigenvalue weighted by molar-refractivity contribution is 6.24. The van der Waals surface area contributed by atoms with Gasteiger partial charge in [-0.1, -0.05) is 45.9 Å². The van der Waals surface area contributed by atoms with Crippen LogP contribution in [0.3, 0.4) is 0 Å². The van der Waals surface area contributed by atoms with Crippen LogP contribution in [0.5, 0.6) is 23.0 Å². The molecule has 0 spiro atoms. The topological polar surface area (TPSA) is 330 Å². The summed E-state index contributed by atoms with van der Waals surface area (Å²) in [6.45, 7) is 11.6. The van der Waals surface area contributed by atoms with Crippen LogP contribution in [0.4, 0.5) is 11.5 Å². The van der Waals surface area contributed by atoms with Crippen LogP contribution in [-0.4, -0.2) is 154 Å². The fourth-order valence-corrected chi connectivity index (χ4v) is 9.44. The zero-order chi connectivity index (χ0) is 52.8. The fourth-order valence-electron chi connectivity index (χ4n) is 9.44. The van der Waals surface area contributed by atoms with Crippen molar-refractivity contribution in [2.75, 3.05) is 31.1 Å². The predicted molar refractivity (Wildman–Crippen MR) is 258 cm³/mol. The summed E-state index contributed by atoms with van der Waals surface area (Å²) in [6.07, 6.45) is 1.46. The standard InChI is InChI=1S/C49H61N7O16/c1-20-12-11-13-21(2)47(67)54-33-27(16-53-55(9)45-34-46(51-18-50-45)56(19-52-34)48-41(65)39(63)29(17-57)71-48)38(62)30-31(40(33)64)37(61)25(6)43-32(30)44(66)49(8,72-43)69-15-14-28(68-10)22(3)42(70-26(7)58)24(5)36(60)23(4)35(20)59/h11-16,18-20,22-24,28-29,35-36,39,41-42,48,57,59-65H,17H2,1-10H3,(H,54,67)/b12-11?,15-14?,21-13?,53-16-. The molecule has 72 heavy (non-hydrogen) atoms. The van der Waals surface area contributed by atoms with E-state index in [1.807, 2.05) is 0 Å². The Bertz CT molecular complexity index is 2880. The Morgan fingerprint density at radius 2 is 1.65 bits per heavy atom. The van der Waals surface area contributed by atoms with Crippen molar-refractivity contribution in [2.45, 2.75) is 110 Å². The maximum Gasteiger partial charge on any atom is 0.312 e. The normalized spacial score (nSPS) is 30.5. The average molecular weight is 1000 g/mol. The maximum atomic E-state index is 14.7. The van der Waals surface area contributed by atoms with Gasteiger partial charge in [0.2, 0.25) is 0 Å². The highest BCUT2D eigenvalue weighted by Gasteiger charge is 2.50. The number of phenolic OH excluding ortho intramolecular Hbond substituents is 3. The summed E-state index contributed by atoms with van der Waals surface area (Å²) in [5.41, 5.74) is -0.784. The van der Waals surface area contributed by atoms with Gasteiger partial charge in [0.1, 0.15) is 48.0 Å². The third-order valence-corrected chi connectivity index (χ3v) is 13.8. The zero-order valence-electron chi connectivity index (χ0n) is 41.3. The molecule has 1 saturated heterocycles. The number of aromatic hydroxyl groups is 3. The Kier molecular flexibility index (Phi) is 15.3. The molecule has 0 aliphatic carbocycles. The highest BCUT2D eigenvalue weighted by Crippen LogP contribution is 2.55. The van der Waals surface area contributed by atoms with E-state index in [4.69, 9.17) is 23.7 Å². The number of ether oxygens (including phenoxy) is 5. The summed E-state index contributed by atoms with van der Waals surface area (Å²) in [5, 5.41) is 97.5. The third-order valence-electron chi connectivity index (χ3n) is 13.8. The van der Waals surface area contributed by atoms with Gasteiger partial charge in [-0.15, -0.1) is 0 Å². The number of hydrazone groups is 1. The van der Waals surface area contributed by atoms with E-state index in [2.05, 4.69) is 25.4 Å². The van der Waals surface area contributed by atoms with Crippen molar-refractivity contribution in [1.29, 1.82) is 0 Å². The lowest BCUT2D eigenvalue weighted by Gasteiger charge is -2.38. The first-order chi connectivity index (χ1) is 34.0. The van der Waals surface area contributed by atoms with Gasteiger partial charge in [-0.3, -0.25) is 19.0 Å². The van der Waals surface area contributed by atoms with E-state index in [0.717, 1.165) is 12.5 Å². The fraction of sp³-hybridized carbons (Fsp3) is 0.490. The van der Waals surface area contributed by atoms with Crippen molar-refractivity contribution in [3.63, 3.8) is 0 Å². The number of esters is 1. The van der Waals surface area contributed by atoms with Crippen molar-refractivity contribution in [1.82, 2.24) is 19.5 Å². The lowest BCUT2D eigenvalue weighted by Crippen LogP contribution is -2.46. The van der Waals surface area contributed by atoms with Crippen molar-refractivity contribution in [3.05, 3.63) is 65.5 Å². The molecule has 23 heteroatoms. The number of aliphatic hydroxyl groups excluding tert-OH is 5. The van der Waals surface area contributed by atoms with E-state index in [9.17, 15) is 55.2 Å². The Morgan fingerprint density at radius 3 is 2.31 bits per heavy atom. The molecular weight excluding hydrogens is 943 g/mol. The van der Waals surface area contributed by atoms with Crippen molar-refractivity contribution in [2.24, 2.45) is 28.8 Å². The van der Waals surface area contributed by atoms with E-state index in [0.29, 0.717) is 0 Å². The van der Waals surface area contributed by atoms with E-state index in [-0.39, 0.29) is 50.4 Å². The number of nitrogens with one attached hydrogen (secondary N) is 1. The van der Waals surface area contributed by atoms with Gasteiger partial charge in [0.25, 0.3) is 11.7 Å². The van der Waals surface area contributed by atoms with Crippen molar-refractivity contribution in [3.8, 4) is 23.0 Å². The molecule has 4 aromatic rings. The van der Waals surface area contributed by atoms with Crippen LogP contribution in [0.1, 0.15) is 76.2 Å². The van der Waals surface area contributed by atoms with Gasteiger partial charge in [0.05, 0.1) is 65.9 Å². The number of phenols is 3. The van der Waals surface area contributed by atoms with Crippen LogP contribution in [-0.2, 0) is 28.5 Å². The van der Waals surface area contributed by atoms with Gasteiger partial charge < -0.3 is 69.9 Å². The summed E-state index contributed by atoms with van der Waals surface area (Å²) in [4.78, 5) is 54.1. The number of benzene rings is 2. The van der Waals surface area contributed by atoms with Gasteiger partial charge >= 0.3 is 11.8 Å². The smallest absolute Gasteiger partial charge is 0.312 e. The third kappa shape index (κ3) is 9.43. The molecule has 388 valence electrons. The number of aromatic nitrogens is 4. The zero-order valence-corrected chi connectivity index (χ0v) is 41.3. The molecule has 23 nitrogen and oxygen atoms in total. The van der Waals surface area contributed by atoms with Crippen LogP contribution in [0.25, 0.3) is 21.9 Å². The maximum absolute atomic E-state index is 14.7. The number of methoxy groups -OCH3 is 1. The van der Waals surface area contributed by atoms with Crippen LogP contribution >= 0.6 is 0 Å². The largest absolute Gasteiger partial charge is 0.507 e. The number of carbonyl (C=O) groups is 3. The van der Waals surface area contributed by atoms with Crippen LogP contribution in [0.15, 0.2) is 53.9 Å². The molecule has 1 fully saturated rings. The Morgan fingerprint density at radius 1 is 0.944 bits per heavy atom. The van der Waals surface area contributed by atoms with Gasteiger partial charge in [-0.05, 0) is 19.9 Å². The quantitative estimate of drug-likeness (QED) is 0.0422. The molecule has 9 N–H and O–H groups in total. The highest BCUT2D eigenvalue weighted by atomic mass is 16.7. The number of aliphatic hydroxyl groups is 5. The molecule has 1 amide bonds. The molecule has 2 aromatic heterocycles. The number of rotatable bonds is 7. The van der Waals surface area contributed by atoms with Crippen LogP contribution in [0.2, 0.25) is 0 Å². The molecular formula is C49H61N7O16. The Balaban J connectivity index is 1.37. The summed E-state index contributed by atoms with van der Waals surface area (Å²) < 4.78 is 30.7. The van der Waals surface area contributed by atoms with E-state index in [1.165, 1.54) is 82.3 Å². The number of carbonyl (C=O) groups excluding carboxylic acids is 3. The number of allylic oxidation sites excluding steroid dienone is 2. The molecule has 5 bridgehead atoms. The SMILES string of the molecule is COC1C=COC2(C)Oc3c(C)c(O)c4c(O)c(c(/C=N\N(C)c5ncnc6c5ncn6C5OC(CO)C(O)C5O)c(O)c4c3C2=O)NC(=O)C(C)=CC=CC(C)C(O)C(C)C(O)C(C)C(OC(C)=O)C1C. The number of ketones is 1. The minimum atomic E-state index is -2.15. The number of Topliss-reactive ketones (excluding diaryl/α,β-unsaturated/α-hetero) is 1. The van der Waals surface area contributed by atoms with Crippen LogP contribution in [0, 0.1) is 30.6 Å². The molecule has 2 aromatic carbocycles. The Hall–Kier alpha value is -6.73. The number of hydrogen-bond acceptors (Lipinski definition) is 21. The molecule has 13 unspecified atom stereocenters. The summed E-state index contributed by atoms with van der Waals surface area (Å²) in [5.74, 6) is -9.40.